The van der Waals surface area contributed by atoms with Crippen molar-refractivity contribution in [2.24, 2.45) is 11.8 Å². The summed E-state index contributed by atoms with van der Waals surface area (Å²) in [4.78, 5) is 0. The van der Waals surface area contributed by atoms with Gasteiger partial charge in [-0.05, 0) is 36.2 Å². The summed E-state index contributed by atoms with van der Waals surface area (Å²) in [5.41, 5.74) is 2.70. The van der Waals surface area contributed by atoms with Crippen molar-refractivity contribution in [3.8, 4) is 6.07 Å². The molecule has 0 amide bonds. The zero-order valence-corrected chi connectivity index (χ0v) is 10.7. The molecule has 1 saturated carbocycles. The number of nitriles is 1. The molecule has 1 nitrogen and oxygen atoms in total. The molecule has 0 heterocycles. The van der Waals surface area contributed by atoms with Crippen molar-refractivity contribution in [1.82, 2.24) is 0 Å². The first-order valence-electron chi connectivity index (χ1n) is 6.02. The van der Waals surface area contributed by atoms with Crippen molar-refractivity contribution in [3.63, 3.8) is 0 Å². The molecule has 0 aliphatic heterocycles. The van der Waals surface area contributed by atoms with Gasteiger partial charge in [-0.1, -0.05) is 36.4 Å². The second-order valence-electron chi connectivity index (χ2n) is 4.95. The topological polar surface area (TPSA) is 23.8 Å². The van der Waals surface area contributed by atoms with Crippen molar-refractivity contribution in [2.75, 3.05) is 6.26 Å². The molecule has 1 fully saturated rings. The maximum atomic E-state index is 9.51. The van der Waals surface area contributed by atoms with E-state index in [1.165, 1.54) is 17.6 Å². The smallest absolute Gasteiger partial charge is 0.109 e. The van der Waals surface area contributed by atoms with E-state index in [0.29, 0.717) is 11.8 Å². The van der Waals surface area contributed by atoms with Crippen LogP contribution in [0.15, 0.2) is 36.4 Å². The van der Waals surface area contributed by atoms with E-state index in [-0.39, 0.29) is 4.75 Å². The number of thioether (sulfide) groups is 1. The van der Waals surface area contributed by atoms with E-state index in [4.69, 9.17) is 0 Å². The van der Waals surface area contributed by atoms with Gasteiger partial charge in [0.25, 0.3) is 0 Å². The van der Waals surface area contributed by atoms with Gasteiger partial charge >= 0.3 is 0 Å². The van der Waals surface area contributed by atoms with E-state index in [1.807, 2.05) is 6.07 Å². The lowest BCUT2D eigenvalue weighted by Crippen LogP contribution is -2.29. The van der Waals surface area contributed by atoms with E-state index in [1.54, 1.807) is 11.8 Å². The summed E-state index contributed by atoms with van der Waals surface area (Å²) in [6.45, 7) is 0. The van der Waals surface area contributed by atoms with Crippen molar-refractivity contribution in [1.29, 1.82) is 5.26 Å². The molecule has 3 atom stereocenters. The van der Waals surface area contributed by atoms with E-state index in [2.05, 4.69) is 42.7 Å². The van der Waals surface area contributed by atoms with Gasteiger partial charge in [-0.2, -0.15) is 5.26 Å². The average molecular weight is 241 g/mol. The zero-order chi connectivity index (χ0) is 11.9. The molecule has 17 heavy (non-hydrogen) atoms. The van der Waals surface area contributed by atoms with E-state index < -0.39 is 0 Å². The minimum atomic E-state index is -0.176. The summed E-state index contributed by atoms with van der Waals surface area (Å²) in [6, 6.07) is 13.1. The Morgan fingerprint density at radius 3 is 2.71 bits per heavy atom. The minimum absolute atomic E-state index is 0.176. The highest BCUT2D eigenvalue weighted by atomic mass is 32.2. The Morgan fingerprint density at radius 1 is 1.35 bits per heavy atom. The van der Waals surface area contributed by atoms with Crippen molar-refractivity contribution >= 4 is 17.3 Å². The standard InChI is InChI=1S/C15H15NS/c1-17-15(10-16)9-11-7-13(14(15)8-11)12-5-3-2-4-6-12/h2-7,11,14H,8-9H2,1H3/t11-,14-,15-/m1/s1. The fourth-order valence-corrected chi connectivity index (χ4v) is 4.29. The molecular formula is C15H15NS. The lowest BCUT2D eigenvalue weighted by Gasteiger charge is -2.30. The van der Waals surface area contributed by atoms with Crippen LogP contribution in [0.4, 0.5) is 0 Å². The van der Waals surface area contributed by atoms with Crippen molar-refractivity contribution in [3.05, 3.63) is 42.0 Å². The molecule has 2 heteroatoms. The van der Waals surface area contributed by atoms with Crippen LogP contribution in [0.2, 0.25) is 0 Å². The maximum Gasteiger partial charge on any atom is 0.109 e. The third kappa shape index (κ3) is 1.53. The third-order valence-corrected chi connectivity index (χ3v) is 5.39. The molecule has 0 N–H and O–H groups in total. The van der Waals surface area contributed by atoms with Gasteiger partial charge < -0.3 is 0 Å². The molecule has 1 aromatic carbocycles. The van der Waals surface area contributed by atoms with Crippen LogP contribution in [0.3, 0.4) is 0 Å². The molecule has 0 aromatic heterocycles. The largest absolute Gasteiger partial charge is 0.197 e. The number of allylic oxidation sites excluding steroid dienone is 2. The van der Waals surface area contributed by atoms with Crippen LogP contribution >= 0.6 is 11.8 Å². The van der Waals surface area contributed by atoms with Crippen LogP contribution in [0.1, 0.15) is 18.4 Å². The van der Waals surface area contributed by atoms with E-state index in [0.717, 1.165) is 6.42 Å². The van der Waals surface area contributed by atoms with Crippen LogP contribution in [0, 0.1) is 23.2 Å². The number of hydrogen-bond acceptors (Lipinski definition) is 2. The first-order chi connectivity index (χ1) is 8.29. The quantitative estimate of drug-likeness (QED) is 0.787. The van der Waals surface area contributed by atoms with E-state index in [9.17, 15) is 5.26 Å². The molecule has 1 aromatic rings. The third-order valence-electron chi connectivity index (χ3n) is 4.12. The van der Waals surface area contributed by atoms with Gasteiger partial charge in [0.2, 0.25) is 0 Å². The fraction of sp³-hybridized carbons (Fsp3) is 0.400. The lowest BCUT2D eigenvalue weighted by atomic mass is 9.84. The normalized spacial score (nSPS) is 34.5. The predicted molar refractivity (Wildman–Crippen MR) is 72.5 cm³/mol. The van der Waals surface area contributed by atoms with Gasteiger partial charge in [0.05, 0.1) is 6.07 Å². The molecule has 2 bridgehead atoms. The monoisotopic (exact) mass is 241 g/mol. The highest BCUT2D eigenvalue weighted by Gasteiger charge is 2.52. The average Bonchev–Trinajstić information content (AvgIpc) is 2.97. The Kier molecular flexibility index (Phi) is 2.52. The first kappa shape index (κ1) is 10.9. The Labute approximate surface area is 107 Å². The first-order valence-corrected chi connectivity index (χ1v) is 7.25. The van der Waals surface area contributed by atoms with Crippen molar-refractivity contribution in [2.45, 2.75) is 17.6 Å². The molecule has 0 saturated heterocycles. The minimum Gasteiger partial charge on any atom is -0.197 e. The Bertz CT molecular complexity index is 499. The highest BCUT2D eigenvalue weighted by Crippen LogP contribution is 2.58. The summed E-state index contributed by atoms with van der Waals surface area (Å²) in [6.07, 6.45) is 6.67. The molecule has 3 rings (SSSR count). The Hall–Kier alpha value is -1.20. The number of hydrogen-bond donors (Lipinski definition) is 0. The van der Waals surface area contributed by atoms with Crippen LogP contribution in [0.5, 0.6) is 0 Å². The summed E-state index contributed by atoms with van der Waals surface area (Å²) < 4.78 is -0.176. The Morgan fingerprint density at radius 2 is 2.12 bits per heavy atom. The van der Waals surface area contributed by atoms with E-state index >= 15 is 0 Å². The molecule has 2 aliphatic rings. The van der Waals surface area contributed by atoms with Gasteiger partial charge in [-0.15, -0.1) is 11.8 Å². The summed E-state index contributed by atoms with van der Waals surface area (Å²) in [7, 11) is 0. The maximum absolute atomic E-state index is 9.51. The van der Waals surface area contributed by atoms with Crippen LogP contribution < -0.4 is 0 Å². The van der Waals surface area contributed by atoms with Crippen LogP contribution in [-0.4, -0.2) is 11.0 Å². The molecule has 0 radical (unpaired) electrons. The molecule has 0 spiro atoms. The molecule has 0 unspecified atom stereocenters. The van der Waals surface area contributed by atoms with Crippen molar-refractivity contribution < 1.29 is 0 Å². The van der Waals surface area contributed by atoms with Gasteiger partial charge in [0, 0.05) is 5.92 Å². The summed E-state index contributed by atoms with van der Waals surface area (Å²) in [5, 5.41) is 9.51. The number of benzene rings is 1. The molecular weight excluding hydrogens is 226 g/mol. The molecule has 86 valence electrons. The van der Waals surface area contributed by atoms with Crippen LogP contribution in [0.25, 0.3) is 5.57 Å². The summed E-state index contributed by atoms with van der Waals surface area (Å²) in [5.74, 6) is 1.04. The SMILES string of the molecule is CS[C@@]1(C#N)C[C@@H]2C=C(c3ccccc3)[C@H]1C2. The predicted octanol–water partition coefficient (Wildman–Crippen LogP) is 3.74. The second kappa shape index (κ2) is 3.92. The number of rotatable bonds is 2. The number of nitrogens with zero attached hydrogens (tertiary/aromatic N) is 1. The van der Waals surface area contributed by atoms with Gasteiger partial charge in [0.15, 0.2) is 0 Å². The second-order valence-corrected chi connectivity index (χ2v) is 6.08. The van der Waals surface area contributed by atoms with Gasteiger partial charge in [-0.25, -0.2) is 0 Å². The van der Waals surface area contributed by atoms with Gasteiger partial charge in [-0.3, -0.25) is 0 Å². The Balaban J connectivity index is 2.01. The van der Waals surface area contributed by atoms with Gasteiger partial charge in [0.1, 0.15) is 4.75 Å². The summed E-state index contributed by atoms with van der Waals surface area (Å²) >= 11 is 1.74. The highest BCUT2D eigenvalue weighted by molar-refractivity contribution is 8.00. The zero-order valence-electron chi connectivity index (χ0n) is 9.89. The fourth-order valence-electron chi connectivity index (χ4n) is 3.31. The van der Waals surface area contributed by atoms with Crippen LogP contribution in [-0.2, 0) is 0 Å². The molecule has 2 aliphatic carbocycles. The lowest BCUT2D eigenvalue weighted by molar-refractivity contribution is 0.630. The number of fused-ring (bicyclic) bond motifs is 2.